The SMILES string of the molecule is CC1(O)CCN(c2cc(Br)ccn2)C1. The summed E-state index contributed by atoms with van der Waals surface area (Å²) in [6.07, 6.45) is 2.58. The van der Waals surface area contributed by atoms with Gasteiger partial charge >= 0.3 is 0 Å². The minimum absolute atomic E-state index is 0.565. The number of rotatable bonds is 1. The Morgan fingerprint density at radius 3 is 3.00 bits per heavy atom. The Balaban J connectivity index is 2.17. The van der Waals surface area contributed by atoms with Crippen LogP contribution in [0.15, 0.2) is 22.8 Å². The first kappa shape index (κ1) is 9.93. The maximum atomic E-state index is 9.81. The highest BCUT2D eigenvalue weighted by Crippen LogP contribution is 2.26. The topological polar surface area (TPSA) is 36.4 Å². The first-order valence-corrected chi connectivity index (χ1v) is 5.45. The second-order valence-corrected chi connectivity index (χ2v) is 4.92. The lowest BCUT2D eigenvalue weighted by Gasteiger charge is -2.19. The van der Waals surface area contributed by atoms with Crippen LogP contribution < -0.4 is 4.90 Å². The van der Waals surface area contributed by atoms with Gasteiger partial charge in [-0.15, -0.1) is 0 Å². The van der Waals surface area contributed by atoms with E-state index in [9.17, 15) is 5.11 Å². The van der Waals surface area contributed by atoms with Crippen molar-refractivity contribution in [2.75, 3.05) is 18.0 Å². The molecule has 1 N–H and O–H groups in total. The molecule has 0 bridgehead atoms. The zero-order valence-electron chi connectivity index (χ0n) is 8.07. The van der Waals surface area contributed by atoms with E-state index in [1.54, 1.807) is 6.20 Å². The van der Waals surface area contributed by atoms with Crippen molar-refractivity contribution in [1.82, 2.24) is 4.98 Å². The fourth-order valence-corrected chi connectivity index (χ4v) is 2.03. The van der Waals surface area contributed by atoms with Crippen molar-refractivity contribution in [2.24, 2.45) is 0 Å². The van der Waals surface area contributed by atoms with Gasteiger partial charge in [0.05, 0.1) is 5.60 Å². The van der Waals surface area contributed by atoms with Crippen LogP contribution in [0.2, 0.25) is 0 Å². The maximum Gasteiger partial charge on any atom is 0.129 e. The lowest BCUT2D eigenvalue weighted by atomic mass is 10.1. The molecule has 2 rings (SSSR count). The molecular weight excluding hydrogens is 244 g/mol. The van der Waals surface area contributed by atoms with E-state index in [0.717, 1.165) is 23.3 Å². The Morgan fingerprint density at radius 1 is 1.64 bits per heavy atom. The molecule has 1 fully saturated rings. The molecule has 0 aliphatic carbocycles. The molecule has 1 aromatic heterocycles. The molecule has 1 aliphatic rings. The summed E-state index contributed by atoms with van der Waals surface area (Å²) in [5.41, 5.74) is -0.565. The Hall–Kier alpha value is -0.610. The van der Waals surface area contributed by atoms with Crippen LogP contribution in [0.5, 0.6) is 0 Å². The molecule has 4 heteroatoms. The summed E-state index contributed by atoms with van der Waals surface area (Å²) in [5, 5.41) is 9.81. The smallest absolute Gasteiger partial charge is 0.129 e. The van der Waals surface area contributed by atoms with Crippen LogP contribution in [0, 0.1) is 0 Å². The minimum atomic E-state index is -0.565. The van der Waals surface area contributed by atoms with Gasteiger partial charge in [0, 0.05) is 23.8 Å². The summed E-state index contributed by atoms with van der Waals surface area (Å²) >= 11 is 3.41. The largest absolute Gasteiger partial charge is 0.388 e. The van der Waals surface area contributed by atoms with Crippen molar-refractivity contribution in [3.63, 3.8) is 0 Å². The average molecular weight is 257 g/mol. The summed E-state index contributed by atoms with van der Waals surface area (Å²) in [5.74, 6) is 0.928. The number of aromatic nitrogens is 1. The molecular formula is C10H13BrN2O. The van der Waals surface area contributed by atoms with E-state index in [1.165, 1.54) is 0 Å². The molecule has 0 saturated carbocycles. The molecule has 76 valence electrons. The summed E-state index contributed by atoms with van der Waals surface area (Å²) in [7, 11) is 0. The molecule has 0 radical (unpaired) electrons. The summed E-state index contributed by atoms with van der Waals surface area (Å²) in [6, 6.07) is 3.87. The fourth-order valence-electron chi connectivity index (χ4n) is 1.71. The lowest BCUT2D eigenvalue weighted by Crippen LogP contribution is -2.29. The first-order chi connectivity index (χ1) is 6.57. The van der Waals surface area contributed by atoms with Crippen LogP contribution in [0.25, 0.3) is 0 Å². The molecule has 1 unspecified atom stereocenters. The molecule has 0 spiro atoms. The number of nitrogens with zero attached hydrogens (tertiary/aromatic N) is 2. The molecule has 0 amide bonds. The molecule has 1 aliphatic heterocycles. The third kappa shape index (κ3) is 2.07. The van der Waals surface area contributed by atoms with Crippen LogP contribution in [-0.2, 0) is 0 Å². The third-order valence-electron chi connectivity index (χ3n) is 2.48. The summed E-state index contributed by atoms with van der Waals surface area (Å²) in [6.45, 7) is 3.40. The van der Waals surface area contributed by atoms with Crippen molar-refractivity contribution >= 4 is 21.7 Å². The third-order valence-corrected chi connectivity index (χ3v) is 2.98. The number of pyridine rings is 1. The van der Waals surface area contributed by atoms with Crippen LogP contribution in [-0.4, -0.2) is 28.8 Å². The van der Waals surface area contributed by atoms with Crippen LogP contribution in [0.4, 0.5) is 5.82 Å². The van der Waals surface area contributed by atoms with E-state index in [0.29, 0.717) is 6.54 Å². The Morgan fingerprint density at radius 2 is 2.43 bits per heavy atom. The minimum Gasteiger partial charge on any atom is -0.388 e. The average Bonchev–Trinajstić information content (AvgIpc) is 2.46. The van der Waals surface area contributed by atoms with Gasteiger partial charge < -0.3 is 10.0 Å². The van der Waals surface area contributed by atoms with Crippen LogP contribution in [0.3, 0.4) is 0 Å². The van der Waals surface area contributed by atoms with Gasteiger partial charge in [0.1, 0.15) is 5.82 Å². The van der Waals surface area contributed by atoms with Crippen LogP contribution in [0.1, 0.15) is 13.3 Å². The first-order valence-electron chi connectivity index (χ1n) is 4.66. The van der Waals surface area contributed by atoms with Crippen molar-refractivity contribution in [2.45, 2.75) is 18.9 Å². The van der Waals surface area contributed by atoms with E-state index in [2.05, 4.69) is 25.8 Å². The molecule has 1 atom stereocenters. The molecule has 3 nitrogen and oxygen atoms in total. The van der Waals surface area contributed by atoms with Crippen molar-refractivity contribution in [3.05, 3.63) is 22.8 Å². The van der Waals surface area contributed by atoms with E-state index in [4.69, 9.17) is 0 Å². The Labute approximate surface area is 91.9 Å². The van der Waals surface area contributed by atoms with Gasteiger partial charge in [0.2, 0.25) is 0 Å². The Bertz CT molecular complexity index is 341. The number of hydrogen-bond acceptors (Lipinski definition) is 3. The zero-order chi connectivity index (χ0) is 10.2. The second kappa shape index (κ2) is 3.51. The summed E-state index contributed by atoms with van der Waals surface area (Å²) in [4.78, 5) is 6.37. The number of anilines is 1. The predicted octanol–water partition coefficient (Wildman–Crippen LogP) is 1.81. The van der Waals surface area contributed by atoms with Crippen molar-refractivity contribution in [3.8, 4) is 0 Å². The van der Waals surface area contributed by atoms with Gasteiger partial charge in [-0.25, -0.2) is 4.98 Å². The monoisotopic (exact) mass is 256 g/mol. The normalized spacial score (nSPS) is 26.9. The summed E-state index contributed by atoms with van der Waals surface area (Å²) < 4.78 is 1.02. The molecule has 1 saturated heterocycles. The highest BCUT2D eigenvalue weighted by atomic mass is 79.9. The van der Waals surface area contributed by atoms with Crippen molar-refractivity contribution in [1.29, 1.82) is 0 Å². The van der Waals surface area contributed by atoms with Gasteiger partial charge in [-0.2, -0.15) is 0 Å². The molecule has 14 heavy (non-hydrogen) atoms. The number of hydrogen-bond donors (Lipinski definition) is 1. The standard InChI is InChI=1S/C10H13BrN2O/c1-10(14)3-5-13(7-10)9-6-8(11)2-4-12-9/h2,4,6,14H,3,5,7H2,1H3. The lowest BCUT2D eigenvalue weighted by molar-refractivity contribution is 0.0839. The van der Waals surface area contributed by atoms with Crippen molar-refractivity contribution < 1.29 is 5.11 Å². The fraction of sp³-hybridized carbons (Fsp3) is 0.500. The van der Waals surface area contributed by atoms with Gasteiger partial charge in [-0.3, -0.25) is 0 Å². The van der Waals surface area contributed by atoms with E-state index in [1.807, 2.05) is 19.1 Å². The Kier molecular flexibility index (Phi) is 2.49. The maximum absolute atomic E-state index is 9.81. The zero-order valence-corrected chi connectivity index (χ0v) is 9.66. The van der Waals surface area contributed by atoms with Gasteiger partial charge in [-0.1, -0.05) is 15.9 Å². The number of aliphatic hydroxyl groups is 1. The van der Waals surface area contributed by atoms with E-state index in [-0.39, 0.29) is 0 Å². The van der Waals surface area contributed by atoms with E-state index < -0.39 is 5.60 Å². The van der Waals surface area contributed by atoms with Gasteiger partial charge in [0.15, 0.2) is 0 Å². The van der Waals surface area contributed by atoms with E-state index >= 15 is 0 Å². The number of halogens is 1. The molecule has 0 aromatic carbocycles. The highest BCUT2D eigenvalue weighted by Gasteiger charge is 2.31. The van der Waals surface area contributed by atoms with Gasteiger partial charge in [0.25, 0.3) is 0 Å². The number of β-amino-alcohol motifs (C(OH)–C–C–N with tert-alkyl or cyclic N) is 1. The predicted molar refractivity (Wildman–Crippen MR) is 59.4 cm³/mol. The van der Waals surface area contributed by atoms with Gasteiger partial charge in [-0.05, 0) is 25.5 Å². The second-order valence-electron chi connectivity index (χ2n) is 4.00. The molecule has 2 heterocycles. The quantitative estimate of drug-likeness (QED) is 0.833. The highest BCUT2D eigenvalue weighted by molar-refractivity contribution is 9.10. The van der Waals surface area contributed by atoms with Crippen LogP contribution >= 0.6 is 15.9 Å². The molecule has 1 aromatic rings.